The summed E-state index contributed by atoms with van der Waals surface area (Å²) in [5.74, 6) is 1.55. The van der Waals surface area contributed by atoms with E-state index in [0.717, 1.165) is 55.7 Å². The molecule has 2 aromatic carbocycles. The minimum atomic E-state index is 0.361. The molecule has 0 bridgehead atoms. The number of nitrogens with zero attached hydrogens (tertiary/aromatic N) is 3. The van der Waals surface area contributed by atoms with Gasteiger partial charge in [-0.3, -0.25) is 0 Å². The van der Waals surface area contributed by atoms with Gasteiger partial charge in [-0.2, -0.15) is 0 Å². The lowest BCUT2D eigenvalue weighted by atomic mass is 9.87. The summed E-state index contributed by atoms with van der Waals surface area (Å²) >= 11 is 0. The number of benzene rings is 2. The molecule has 0 radical (unpaired) electrons. The first kappa shape index (κ1) is 22.5. The van der Waals surface area contributed by atoms with Gasteiger partial charge in [0.2, 0.25) is 5.71 Å². The Morgan fingerprint density at radius 1 is 0.750 bits per heavy atom. The van der Waals surface area contributed by atoms with E-state index in [4.69, 9.17) is 13.8 Å². The van der Waals surface area contributed by atoms with Gasteiger partial charge in [-0.15, -0.1) is 0 Å². The van der Waals surface area contributed by atoms with Gasteiger partial charge in [0.1, 0.15) is 28.9 Å². The van der Waals surface area contributed by atoms with Crippen LogP contribution in [0.15, 0.2) is 63.7 Å². The summed E-state index contributed by atoms with van der Waals surface area (Å²) in [6.07, 6.45) is 1.61. The fraction of sp³-hybridized carbons (Fsp3) is 0.258. The Kier molecular flexibility index (Phi) is 5.18. The minimum Gasteiger partial charge on any atom is -0.452 e. The first-order valence-corrected chi connectivity index (χ1v) is 12.5. The molecule has 180 valence electrons. The molecule has 4 heterocycles. The van der Waals surface area contributed by atoms with Crippen molar-refractivity contribution in [3.63, 3.8) is 0 Å². The summed E-state index contributed by atoms with van der Waals surface area (Å²) < 4.78 is 12.9. The SMILES string of the molecule is Cc1cc(-c2ncnc3cc(-c4c(C(C)C)cccc4C(C)C)oc23)c2oc3nc(C)ccc3c2c1. The largest absolute Gasteiger partial charge is 0.452 e. The van der Waals surface area contributed by atoms with E-state index in [1.807, 2.05) is 19.1 Å². The Labute approximate surface area is 210 Å². The maximum absolute atomic E-state index is 6.62. The molecule has 0 aliphatic heterocycles. The van der Waals surface area contributed by atoms with E-state index in [1.54, 1.807) is 6.33 Å². The predicted molar refractivity (Wildman–Crippen MR) is 145 cm³/mol. The summed E-state index contributed by atoms with van der Waals surface area (Å²) in [5, 5.41) is 2.02. The second-order valence-electron chi connectivity index (χ2n) is 10.3. The number of aryl methyl sites for hydroxylation is 2. The van der Waals surface area contributed by atoms with Crippen LogP contribution in [-0.4, -0.2) is 15.0 Å². The lowest BCUT2D eigenvalue weighted by molar-refractivity contribution is 0.625. The molecule has 0 saturated heterocycles. The second-order valence-corrected chi connectivity index (χ2v) is 10.3. The summed E-state index contributed by atoms with van der Waals surface area (Å²) in [6, 6.07) is 16.9. The van der Waals surface area contributed by atoms with Crippen LogP contribution in [-0.2, 0) is 0 Å². The highest BCUT2D eigenvalue weighted by Gasteiger charge is 2.23. The normalized spacial score (nSPS) is 12.1. The third-order valence-corrected chi connectivity index (χ3v) is 6.91. The van der Waals surface area contributed by atoms with E-state index >= 15 is 0 Å². The Bertz CT molecular complexity index is 1750. The number of fused-ring (bicyclic) bond motifs is 4. The first-order chi connectivity index (χ1) is 17.3. The standard InChI is InChI=1S/C31H29N3O2/c1-16(2)20-8-7-9-21(17(3)4)27(20)26-14-25-30(35-26)28(33-15-32-25)24-13-18(5)12-23-22-11-10-19(6)34-31(22)36-29(23)24/h7-17H,1-6H3. The highest BCUT2D eigenvalue weighted by Crippen LogP contribution is 2.42. The number of hydrogen-bond donors (Lipinski definition) is 0. The highest BCUT2D eigenvalue weighted by molar-refractivity contribution is 6.10. The zero-order valence-electron chi connectivity index (χ0n) is 21.5. The molecule has 5 nitrogen and oxygen atoms in total. The maximum atomic E-state index is 6.62. The summed E-state index contributed by atoms with van der Waals surface area (Å²) in [6.45, 7) is 12.9. The lowest BCUT2D eigenvalue weighted by Gasteiger charge is -2.17. The number of hydrogen-bond acceptors (Lipinski definition) is 5. The molecule has 0 saturated carbocycles. The van der Waals surface area contributed by atoms with Gasteiger partial charge in [0, 0.05) is 33.7 Å². The second kappa shape index (κ2) is 8.30. The third kappa shape index (κ3) is 3.49. The van der Waals surface area contributed by atoms with E-state index in [1.165, 1.54) is 11.1 Å². The van der Waals surface area contributed by atoms with Gasteiger partial charge in [-0.25, -0.2) is 15.0 Å². The topological polar surface area (TPSA) is 65.0 Å². The van der Waals surface area contributed by atoms with E-state index in [0.29, 0.717) is 23.1 Å². The van der Waals surface area contributed by atoms with Crippen LogP contribution in [0.1, 0.15) is 61.9 Å². The first-order valence-electron chi connectivity index (χ1n) is 12.5. The van der Waals surface area contributed by atoms with Crippen molar-refractivity contribution in [3.05, 3.63) is 77.2 Å². The average Bonchev–Trinajstić information content (AvgIpc) is 3.44. The Hall–Kier alpha value is -3.99. The van der Waals surface area contributed by atoms with Crippen molar-refractivity contribution in [2.45, 2.75) is 53.4 Å². The molecule has 4 aromatic heterocycles. The highest BCUT2D eigenvalue weighted by atomic mass is 16.3. The van der Waals surface area contributed by atoms with Crippen molar-refractivity contribution in [1.29, 1.82) is 0 Å². The zero-order chi connectivity index (χ0) is 25.1. The predicted octanol–water partition coefficient (Wildman–Crippen LogP) is 8.71. The average molecular weight is 476 g/mol. The molecule has 0 unspecified atom stereocenters. The fourth-order valence-corrected chi connectivity index (χ4v) is 5.18. The quantitative estimate of drug-likeness (QED) is 0.255. The zero-order valence-corrected chi connectivity index (χ0v) is 21.5. The van der Waals surface area contributed by atoms with Crippen LogP contribution in [0.2, 0.25) is 0 Å². The van der Waals surface area contributed by atoms with Crippen molar-refractivity contribution in [2.75, 3.05) is 0 Å². The van der Waals surface area contributed by atoms with E-state index in [-0.39, 0.29) is 0 Å². The molecule has 0 N–H and O–H groups in total. The van der Waals surface area contributed by atoms with Gasteiger partial charge in [0.05, 0.1) is 0 Å². The Morgan fingerprint density at radius 3 is 2.22 bits per heavy atom. The Balaban J connectivity index is 1.63. The van der Waals surface area contributed by atoms with Crippen LogP contribution in [0.3, 0.4) is 0 Å². The maximum Gasteiger partial charge on any atom is 0.227 e. The molecular formula is C31H29N3O2. The van der Waals surface area contributed by atoms with Crippen molar-refractivity contribution < 1.29 is 8.83 Å². The smallest absolute Gasteiger partial charge is 0.227 e. The molecule has 0 spiro atoms. The minimum absolute atomic E-state index is 0.361. The molecular weight excluding hydrogens is 446 g/mol. The van der Waals surface area contributed by atoms with Crippen LogP contribution in [0.25, 0.3) is 55.7 Å². The summed E-state index contributed by atoms with van der Waals surface area (Å²) in [4.78, 5) is 13.9. The summed E-state index contributed by atoms with van der Waals surface area (Å²) in [5.41, 5.74) is 10.2. The number of rotatable bonds is 4. The van der Waals surface area contributed by atoms with Crippen molar-refractivity contribution in [3.8, 4) is 22.6 Å². The van der Waals surface area contributed by atoms with E-state index in [9.17, 15) is 0 Å². The van der Waals surface area contributed by atoms with Crippen LogP contribution in [0.5, 0.6) is 0 Å². The fourth-order valence-electron chi connectivity index (χ4n) is 5.18. The summed E-state index contributed by atoms with van der Waals surface area (Å²) in [7, 11) is 0. The van der Waals surface area contributed by atoms with Gasteiger partial charge in [-0.1, -0.05) is 45.9 Å². The van der Waals surface area contributed by atoms with E-state index in [2.05, 4.69) is 81.0 Å². The number of aromatic nitrogens is 3. The molecule has 0 aliphatic carbocycles. The van der Waals surface area contributed by atoms with Gasteiger partial charge in [-0.05, 0) is 66.6 Å². The number of pyridine rings is 1. The molecule has 0 amide bonds. The molecule has 0 atom stereocenters. The van der Waals surface area contributed by atoms with E-state index < -0.39 is 0 Å². The van der Waals surface area contributed by atoms with Crippen LogP contribution in [0, 0.1) is 13.8 Å². The molecule has 0 fully saturated rings. The number of furan rings is 2. The van der Waals surface area contributed by atoms with Crippen molar-refractivity contribution >= 4 is 33.2 Å². The Morgan fingerprint density at radius 2 is 1.50 bits per heavy atom. The van der Waals surface area contributed by atoms with Crippen molar-refractivity contribution in [1.82, 2.24) is 15.0 Å². The van der Waals surface area contributed by atoms with Gasteiger partial charge >= 0.3 is 0 Å². The van der Waals surface area contributed by atoms with Gasteiger partial charge in [0.15, 0.2) is 5.58 Å². The third-order valence-electron chi connectivity index (χ3n) is 6.91. The van der Waals surface area contributed by atoms with Gasteiger partial charge in [0.25, 0.3) is 0 Å². The molecule has 5 heteroatoms. The van der Waals surface area contributed by atoms with Gasteiger partial charge < -0.3 is 8.83 Å². The van der Waals surface area contributed by atoms with Crippen molar-refractivity contribution in [2.24, 2.45) is 0 Å². The molecule has 6 rings (SSSR count). The van der Waals surface area contributed by atoms with Crippen LogP contribution in [0.4, 0.5) is 0 Å². The van der Waals surface area contributed by atoms with Crippen LogP contribution < -0.4 is 0 Å². The molecule has 0 aliphatic rings. The molecule has 6 aromatic rings. The lowest BCUT2D eigenvalue weighted by Crippen LogP contribution is -1.98. The van der Waals surface area contributed by atoms with Crippen LogP contribution >= 0.6 is 0 Å². The molecule has 36 heavy (non-hydrogen) atoms. The monoisotopic (exact) mass is 475 g/mol.